The summed E-state index contributed by atoms with van der Waals surface area (Å²) >= 11 is 0. The summed E-state index contributed by atoms with van der Waals surface area (Å²) in [5.74, 6) is 0.349. The molecular formula is C19H15NO4. The zero-order chi connectivity index (χ0) is 16.7. The molecule has 1 N–H and O–H groups in total. The Hall–Kier alpha value is -2.79. The summed E-state index contributed by atoms with van der Waals surface area (Å²) in [6.45, 7) is -0.375. The van der Waals surface area contributed by atoms with Gasteiger partial charge >= 0.3 is 0 Å². The van der Waals surface area contributed by atoms with Gasteiger partial charge in [-0.1, -0.05) is 18.2 Å². The summed E-state index contributed by atoms with van der Waals surface area (Å²) in [6.07, 6.45) is 3.57. The summed E-state index contributed by atoms with van der Waals surface area (Å²) in [5, 5.41) is 9.43. The molecule has 0 amide bonds. The molecule has 2 heterocycles. The van der Waals surface area contributed by atoms with Crippen LogP contribution in [0.4, 0.5) is 0 Å². The van der Waals surface area contributed by atoms with E-state index < -0.39 is 6.10 Å². The molecule has 120 valence electrons. The van der Waals surface area contributed by atoms with Crippen molar-refractivity contribution in [3.05, 3.63) is 65.0 Å². The van der Waals surface area contributed by atoms with Crippen molar-refractivity contribution in [1.29, 1.82) is 0 Å². The topological polar surface area (TPSA) is 76.5 Å². The Bertz CT molecular complexity index is 870. The summed E-state index contributed by atoms with van der Waals surface area (Å²) in [4.78, 5) is 28.4. The van der Waals surface area contributed by atoms with E-state index in [-0.39, 0.29) is 18.2 Å². The van der Waals surface area contributed by atoms with Gasteiger partial charge in [-0.2, -0.15) is 0 Å². The normalized spacial score (nSPS) is 19.6. The van der Waals surface area contributed by atoms with Crippen LogP contribution in [0, 0.1) is 0 Å². The molecule has 1 aromatic carbocycles. The summed E-state index contributed by atoms with van der Waals surface area (Å²) in [7, 11) is 0. The molecule has 5 heteroatoms. The van der Waals surface area contributed by atoms with Crippen molar-refractivity contribution in [3.8, 4) is 0 Å². The molecule has 0 radical (unpaired) electrons. The number of rotatable bonds is 3. The maximum Gasteiger partial charge on any atom is 0.210 e. The standard InChI is InChI=1S/C19H15NO4/c21-10-16-18(23)17(19(24-16)11-5-7-20-8-6-11)13-1-3-14-12(9-13)2-4-15(14)22/h1,3,5-9,16,21H,2,4,10H2. The van der Waals surface area contributed by atoms with E-state index in [0.717, 1.165) is 22.3 Å². The second kappa shape index (κ2) is 5.69. The number of aliphatic hydroxyl groups is 1. The largest absolute Gasteiger partial charge is 0.478 e. The average molecular weight is 321 g/mol. The SMILES string of the molecule is O=C1CCc2cc(C3=C(c4ccncc4)OC(CO)C3=O)ccc21. The number of hydrogen-bond donors (Lipinski definition) is 1. The van der Waals surface area contributed by atoms with Crippen LogP contribution in [-0.2, 0) is 16.0 Å². The molecular weight excluding hydrogens is 306 g/mol. The number of pyridine rings is 1. The number of aromatic nitrogens is 1. The van der Waals surface area contributed by atoms with Crippen LogP contribution < -0.4 is 0 Å². The molecule has 0 fully saturated rings. The first-order valence-corrected chi connectivity index (χ1v) is 7.82. The number of ketones is 2. The number of aliphatic hydroxyl groups excluding tert-OH is 1. The van der Waals surface area contributed by atoms with Crippen molar-refractivity contribution >= 4 is 22.9 Å². The third kappa shape index (κ3) is 2.25. The Balaban J connectivity index is 1.86. The van der Waals surface area contributed by atoms with Gasteiger partial charge in [0.25, 0.3) is 0 Å². The Labute approximate surface area is 138 Å². The molecule has 1 aliphatic carbocycles. The highest BCUT2D eigenvalue weighted by Gasteiger charge is 2.36. The summed E-state index contributed by atoms with van der Waals surface area (Å²) < 4.78 is 5.70. The minimum atomic E-state index is -0.891. The van der Waals surface area contributed by atoms with Gasteiger partial charge in [0.15, 0.2) is 11.9 Å². The van der Waals surface area contributed by atoms with Crippen LogP contribution in [0.3, 0.4) is 0 Å². The second-order valence-electron chi connectivity index (χ2n) is 5.89. The molecule has 0 saturated carbocycles. The van der Waals surface area contributed by atoms with Gasteiger partial charge < -0.3 is 9.84 Å². The van der Waals surface area contributed by atoms with Gasteiger partial charge in [-0.15, -0.1) is 0 Å². The molecule has 4 rings (SSSR count). The number of fused-ring (bicyclic) bond motifs is 1. The van der Waals surface area contributed by atoms with Crippen molar-refractivity contribution < 1.29 is 19.4 Å². The molecule has 0 saturated heterocycles. The maximum absolute atomic E-state index is 12.7. The summed E-state index contributed by atoms with van der Waals surface area (Å²) in [5.41, 5.74) is 3.59. The fourth-order valence-electron chi connectivity index (χ4n) is 3.25. The van der Waals surface area contributed by atoms with Crippen LogP contribution in [0.2, 0.25) is 0 Å². The monoisotopic (exact) mass is 321 g/mol. The van der Waals surface area contributed by atoms with Crippen molar-refractivity contribution in [2.45, 2.75) is 18.9 Å². The van der Waals surface area contributed by atoms with Crippen LogP contribution in [0.25, 0.3) is 11.3 Å². The number of ether oxygens (including phenoxy) is 1. The molecule has 1 atom stereocenters. The Morgan fingerprint density at radius 1 is 1.08 bits per heavy atom. The molecule has 1 unspecified atom stereocenters. The minimum Gasteiger partial charge on any atom is -0.478 e. The fraction of sp³-hybridized carbons (Fsp3) is 0.211. The van der Waals surface area contributed by atoms with Gasteiger partial charge in [0.2, 0.25) is 5.78 Å². The highest BCUT2D eigenvalue weighted by molar-refractivity contribution is 6.31. The molecule has 0 spiro atoms. The highest BCUT2D eigenvalue weighted by atomic mass is 16.5. The third-order valence-electron chi connectivity index (χ3n) is 4.45. The molecule has 2 aliphatic rings. The molecule has 2 aromatic rings. The lowest BCUT2D eigenvalue weighted by atomic mass is 9.95. The van der Waals surface area contributed by atoms with E-state index in [9.17, 15) is 14.7 Å². The molecule has 1 aromatic heterocycles. The van der Waals surface area contributed by atoms with Crippen LogP contribution in [0.15, 0.2) is 42.7 Å². The third-order valence-corrected chi connectivity index (χ3v) is 4.45. The lowest BCUT2D eigenvalue weighted by molar-refractivity contribution is -0.120. The van der Waals surface area contributed by atoms with Gasteiger partial charge in [-0.05, 0) is 29.7 Å². The lowest BCUT2D eigenvalue weighted by Crippen LogP contribution is -2.22. The van der Waals surface area contributed by atoms with E-state index in [1.54, 1.807) is 36.7 Å². The van der Waals surface area contributed by atoms with Crippen molar-refractivity contribution in [1.82, 2.24) is 4.98 Å². The number of carbonyl (C=O) groups excluding carboxylic acids is 2. The van der Waals surface area contributed by atoms with Crippen molar-refractivity contribution in [2.75, 3.05) is 6.61 Å². The summed E-state index contributed by atoms with van der Waals surface area (Å²) in [6, 6.07) is 8.96. The Kier molecular flexibility index (Phi) is 3.50. The average Bonchev–Trinajstić information content (AvgIpc) is 3.15. The number of Topliss-reactive ketones (excluding diaryl/α,β-unsaturated/α-hetero) is 2. The van der Waals surface area contributed by atoms with Gasteiger partial charge in [-0.3, -0.25) is 14.6 Å². The molecule has 24 heavy (non-hydrogen) atoms. The van der Waals surface area contributed by atoms with Crippen LogP contribution in [0.5, 0.6) is 0 Å². The van der Waals surface area contributed by atoms with E-state index in [0.29, 0.717) is 24.2 Å². The van der Waals surface area contributed by atoms with Crippen LogP contribution in [0.1, 0.15) is 33.5 Å². The molecule has 0 bridgehead atoms. The highest BCUT2D eigenvalue weighted by Crippen LogP contribution is 2.37. The van der Waals surface area contributed by atoms with Gasteiger partial charge in [0.05, 0.1) is 12.2 Å². The maximum atomic E-state index is 12.7. The Morgan fingerprint density at radius 2 is 1.88 bits per heavy atom. The lowest BCUT2D eigenvalue weighted by Gasteiger charge is -2.08. The van der Waals surface area contributed by atoms with Gasteiger partial charge in [-0.25, -0.2) is 0 Å². The number of benzene rings is 1. The number of hydrogen-bond acceptors (Lipinski definition) is 5. The second-order valence-corrected chi connectivity index (χ2v) is 5.89. The first-order chi connectivity index (χ1) is 11.7. The zero-order valence-corrected chi connectivity index (χ0v) is 12.9. The first kappa shape index (κ1) is 14.8. The molecule has 5 nitrogen and oxygen atoms in total. The zero-order valence-electron chi connectivity index (χ0n) is 12.9. The first-order valence-electron chi connectivity index (χ1n) is 7.82. The van der Waals surface area contributed by atoms with Gasteiger partial charge in [0.1, 0.15) is 5.76 Å². The number of aryl methyl sites for hydroxylation is 1. The van der Waals surface area contributed by atoms with Gasteiger partial charge in [0, 0.05) is 29.9 Å². The smallest absolute Gasteiger partial charge is 0.210 e. The van der Waals surface area contributed by atoms with Crippen molar-refractivity contribution in [3.63, 3.8) is 0 Å². The number of nitrogens with zero attached hydrogens (tertiary/aromatic N) is 1. The van der Waals surface area contributed by atoms with E-state index in [1.165, 1.54) is 0 Å². The predicted molar refractivity (Wildman–Crippen MR) is 87.1 cm³/mol. The minimum absolute atomic E-state index is 0.141. The molecule has 1 aliphatic heterocycles. The quantitative estimate of drug-likeness (QED) is 0.936. The fourth-order valence-corrected chi connectivity index (χ4v) is 3.25. The van der Waals surface area contributed by atoms with Crippen LogP contribution >= 0.6 is 0 Å². The van der Waals surface area contributed by atoms with E-state index in [1.807, 2.05) is 6.07 Å². The van der Waals surface area contributed by atoms with E-state index in [4.69, 9.17) is 4.74 Å². The van der Waals surface area contributed by atoms with E-state index >= 15 is 0 Å². The number of carbonyl (C=O) groups is 2. The Morgan fingerprint density at radius 3 is 2.62 bits per heavy atom. The predicted octanol–water partition coefficient (Wildman–Crippen LogP) is 2.04. The van der Waals surface area contributed by atoms with Crippen LogP contribution in [-0.4, -0.2) is 34.4 Å². The van der Waals surface area contributed by atoms with E-state index in [2.05, 4.69) is 4.98 Å². The van der Waals surface area contributed by atoms with Crippen molar-refractivity contribution in [2.24, 2.45) is 0 Å².